The van der Waals surface area contributed by atoms with Crippen LogP contribution in [0, 0.1) is 6.92 Å². The van der Waals surface area contributed by atoms with Crippen LogP contribution < -0.4 is 10.2 Å². The maximum atomic E-state index is 11.5. The number of aromatic nitrogens is 4. The Kier molecular flexibility index (Phi) is 5.64. The number of aryl methyl sites for hydroxylation is 1. The summed E-state index contributed by atoms with van der Waals surface area (Å²) in [7, 11) is 1.91. The molecule has 4 aromatic rings. The molecule has 8 heteroatoms. The molecule has 0 atom stereocenters. The van der Waals surface area contributed by atoms with Gasteiger partial charge in [0.05, 0.1) is 46.5 Å². The van der Waals surface area contributed by atoms with Crippen molar-refractivity contribution in [3.8, 4) is 22.5 Å². The van der Waals surface area contributed by atoms with Gasteiger partial charge in [-0.3, -0.25) is 14.8 Å². The number of nitrogens with zero attached hydrogens (tertiary/aromatic N) is 4. The maximum absolute atomic E-state index is 11.5. The third kappa shape index (κ3) is 4.24. The monoisotopic (exact) mass is 416 g/mol. The summed E-state index contributed by atoms with van der Waals surface area (Å²) < 4.78 is 0. The number of aromatic amines is 1. The van der Waals surface area contributed by atoms with Crippen LogP contribution in [0.3, 0.4) is 0 Å². The molecule has 4 rings (SSSR count). The van der Waals surface area contributed by atoms with Crippen LogP contribution >= 0.6 is 0 Å². The number of aliphatic hydroxyl groups excluding tert-OH is 1. The molecule has 0 aromatic carbocycles. The first-order chi connectivity index (χ1) is 15.0. The molecule has 3 N–H and O–H groups in total. The number of H-pyrrole nitrogens is 1. The molecule has 0 bridgehead atoms. The normalized spacial score (nSPS) is 11.0. The fourth-order valence-electron chi connectivity index (χ4n) is 3.47. The largest absolute Gasteiger partial charge is 0.395 e. The Morgan fingerprint density at radius 1 is 1.16 bits per heavy atom. The van der Waals surface area contributed by atoms with E-state index >= 15 is 0 Å². The van der Waals surface area contributed by atoms with Crippen LogP contribution in [-0.2, 0) is 4.79 Å². The van der Waals surface area contributed by atoms with Gasteiger partial charge in [-0.2, -0.15) is 0 Å². The number of hydrogen-bond acceptors (Lipinski definition) is 6. The summed E-state index contributed by atoms with van der Waals surface area (Å²) in [5.41, 5.74) is 7.00. The second-order valence-corrected chi connectivity index (χ2v) is 7.44. The summed E-state index contributed by atoms with van der Waals surface area (Å²) in [5, 5.41) is 12.0. The van der Waals surface area contributed by atoms with Gasteiger partial charge < -0.3 is 20.3 Å². The lowest BCUT2D eigenvalue weighted by Crippen LogP contribution is -2.21. The minimum absolute atomic E-state index is 0.0615. The van der Waals surface area contributed by atoms with Gasteiger partial charge in [-0.1, -0.05) is 6.07 Å². The zero-order valence-electron chi connectivity index (χ0n) is 17.7. The van der Waals surface area contributed by atoms with E-state index in [1.54, 1.807) is 12.4 Å². The predicted molar refractivity (Wildman–Crippen MR) is 122 cm³/mol. The Morgan fingerprint density at radius 3 is 2.71 bits per heavy atom. The first-order valence-corrected chi connectivity index (χ1v) is 9.97. The summed E-state index contributed by atoms with van der Waals surface area (Å²) in [5.74, 6) is 0.294. The van der Waals surface area contributed by atoms with Crippen molar-refractivity contribution >= 4 is 28.4 Å². The summed E-state index contributed by atoms with van der Waals surface area (Å²) in [6.45, 7) is 4.02. The van der Waals surface area contributed by atoms with Gasteiger partial charge in [-0.15, -0.1) is 0 Å². The van der Waals surface area contributed by atoms with Crippen LogP contribution in [0.1, 0.15) is 12.5 Å². The van der Waals surface area contributed by atoms with E-state index in [1.807, 2.05) is 55.4 Å². The molecule has 1 amide bonds. The van der Waals surface area contributed by atoms with Crippen LogP contribution in [0.15, 0.2) is 48.9 Å². The molecule has 0 aliphatic carbocycles. The molecular formula is C23H24N6O2. The lowest BCUT2D eigenvalue weighted by molar-refractivity contribution is -0.114. The number of carbonyl (C=O) groups is 1. The van der Waals surface area contributed by atoms with E-state index in [0.717, 1.165) is 44.8 Å². The molecule has 0 saturated carbocycles. The number of aliphatic hydroxyl groups is 1. The van der Waals surface area contributed by atoms with Crippen LogP contribution in [-0.4, -0.2) is 51.1 Å². The average Bonchev–Trinajstić information content (AvgIpc) is 3.13. The fraction of sp³-hybridized carbons (Fsp3) is 0.217. The highest BCUT2D eigenvalue weighted by atomic mass is 16.3. The number of nitrogens with one attached hydrogen (secondary N) is 2. The Labute approximate surface area is 180 Å². The Balaban J connectivity index is 1.91. The maximum Gasteiger partial charge on any atom is 0.222 e. The fourth-order valence-corrected chi connectivity index (χ4v) is 3.47. The number of carbonyl (C=O) groups excluding carboxylic acids is 1. The van der Waals surface area contributed by atoms with Crippen molar-refractivity contribution in [2.75, 3.05) is 30.4 Å². The Bertz CT molecular complexity index is 1230. The summed E-state index contributed by atoms with van der Waals surface area (Å²) in [6.07, 6.45) is 5.28. The highest BCUT2D eigenvalue weighted by Crippen LogP contribution is 2.37. The smallest absolute Gasteiger partial charge is 0.222 e. The molecule has 0 spiro atoms. The van der Waals surface area contributed by atoms with Crippen molar-refractivity contribution in [1.82, 2.24) is 19.9 Å². The summed E-state index contributed by atoms with van der Waals surface area (Å²) in [4.78, 5) is 30.5. The molecule has 0 unspecified atom stereocenters. The number of amides is 1. The van der Waals surface area contributed by atoms with Crippen molar-refractivity contribution in [3.63, 3.8) is 0 Å². The van der Waals surface area contributed by atoms with Crippen molar-refractivity contribution < 1.29 is 9.90 Å². The molecule has 158 valence electrons. The average molecular weight is 416 g/mol. The molecule has 0 aliphatic rings. The topological polar surface area (TPSA) is 107 Å². The lowest BCUT2D eigenvalue weighted by atomic mass is 10.0. The molecule has 0 saturated heterocycles. The molecule has 31 heavy (non-hydrogen) atoms. The quantitative estimate of drug-likeness (QED) is 0.445. The number of pyridine rings is 3. The zero-order chi connectivity index (χ0) is 22.0. The number of anilines is 2. The van der Waals surface area contributed by atoms with Gasteiger partial charge >= 0.3 is 0 Å². The van der Waals surface area contributed by atoms with E-state index in [4.69, 9.17) is 4.98 Å². The van der Waals surface area contributed by atoms with E-state index in [9.17, 15) is 9.90 Å². The summed E-state index contributed by atoms with van der Waals surface area (Å²) >= 11 is 0. The molecular weight excluding hydrogens is 392 g/mol. The third-order valence-corrected chi connectivity index (χ3v) is 5.02. The van der Waals surface area contributed by atoms with Crippen LogP contribution in [0.4, 0.5) is 11.5 Å². The predicted octanol–water partition coefficient (Wildman–Crippen LogP) is 3.38. The Morgan fingerprint density at radius 2 is 2.00 bits per heavy atom. The summed E-state index contributed by atoms with van der Waals surface area (Å²) in [6, 6.07) is 9.71. The minimum Gasteiger partial charge on any atom is -0.395 e. The molecule has 0 fully saturated rings. The van der Waals surface area contributed by atoms with Crippen LogP contribution in [0.2, 0.25) is 0 Å². The van der Waals surface area contributed by atoms with E-state index in [1.165, 1.54) is 6.92 Å². The molecule has 8 nitrogen and oxygen atoms in total. The minimum atomic E-state index is -0.181. The van der Waals surface area contributed by atoms with Gasteiger partial charge in [0.15, 0.2) is 0 Å². The van der Waals surface area contributed by atoms with E-state index < -0.39 is 0 Å². The van der Waals surface area contributed by atoms with Gasteiger partial charge in [0, 0.05) is 38.5 Å². The number of rotatable bonds is 6. The van der Waals surface area contributed by atoms with Gasteiger partial charge in [-0.25, -0.2) is 4.98 Å². The number of fused-ring (bicyclic) bond motifs is 1. The molecule has 0 aliphatic heterocycles. The standard InChI is InChI=1S/C23H24N6O2/c1-14-4-5-18(25-12-14)21-22(16-6-7-24-20(10-16)27-15(2)31)28-19-11-17(13-26-23(19)21)29(3)8-9-30/h4-7,10-13,28,30H,8-9H2,1-3H3,(H,24,27,31). The lowest BCUT2D eigenvalue weighted by Gasteiger charge is -2.17. The first-order valence-electron chi connectivity index (χ1n) is 9.97. The second-order valence-electron chi connectivity index (χ2n) is 7.44. The zero-order valence-corrected chi connectivity index (χ0v) is 17.7. The van der Waals surface area contributed by atoms with E-state index in [0.29, 0.717) is 12.4 Å². The highest BCUT2D eigenvalue weighted by molar-refractivity contribution is 6.01. The van der Waals surface area contributed by atoms with E-state index in [2.05, 4.69) is 20.3 Å². The SMILES string of the molecule is CC(=O)Nc1cc(-c2[nH]c3cc(N(C)CCO)cnc3c2-c2ccc(C)cn2)ccn1. The highest BCUT2D eigenvalue weighted by Gasteiger charge is 2.19. The number of likely N-dealkylation sites (N-methyl/N-ethyl adjacent to an activating group) is 1. The molecule has 4 heterocycles. The van der Waals surface area contributed by atoms with Gasteiger partial charge in [0.25, 0.3) is 0 Å². The van der Waals surface area contributed by atoms with E-state index in [-0.39, 0.29) is 12.5 Å². The third-order valence-electron chi connectivity index (χ3n) is 5.02. The van der Waals surface area contributed by atoms with Gasteiger partial charge in [0.1, 0.15) is 5.82 Å². The van der Waals surface area contributed by atoms with Crippen LogP contribution in [0.25, 0.3) is 33.5 Å². The Hall–Kier alpha value is -3.78. The number of hydrogen-bond donors (Lipinski definition) is 3. The van der Waals surface area contributed by atoms with Crippen LogP contribution in [0.5, 0.6) is 0 Å². The van der Waals surface area contributed by atoms with Gasteiger partial charge in [-0.05, 0) is 36.8 Å². The van der Waals surface area contributed by atoms with Crippen molar-refractivity contribution in [1.29, 1.82) is 0 Å². The van der Waals surface area contributed by atoms with Gasteiger partial charge in [0.2, 0.25) is 5.91 Å². The molecule has 0 radical (unpaired) electrons. The second kappa shape index (κ2) is 8.53. The van der Waals surface area contributed by atoms with Crippen molar-refractivity contribution in [2.45, 2.75) is 13.8 Å². The molecule has 4 aromatic heterocycles. The first kappa shape index (κ1) is 20.5. The van der Waals surface area contributed by atoms with Crippen molar-refractivity contribution in [3.05, 3.63) is 54.5 Å². The van der Waals surface area contributed by atoms with Crippen molar-refractivity contribution in [2.24, 2.45) is 0 Å².